The third kappa shape index (κ3) is 5.17. The van der Waals surface area contributed by atoms with Crippen molar-refractivity contribution in [2.24, 2.45) is 0 Å². The van der Waals surface area contributed by atoms with E-state index >= 15 is 0 Å². The van der Waals surface area contributed by atoms with Crippen LogP contribution >= 0.6 is 15.9 Å². The predicted molar refractivity (Wildman–Crippen MR) is 93.3 cm³/mol. The van der Waals surface area contributed by atoms with Gasteiger partial charge in [0.15, 0.2) is 0 Å². The third-order valence-corrected chi connectivity index (χ3v) is 8.57. The van der Waals surface area contributed by atoms with Gasteiger partial charge in [0.2, 0.25) is 0 Å². The molecule has 1 N–H and O–H groups in total. The van der Waals surface area contributed by atoms with Gasteiger partial charge in [-0.05, 0) is 30.3 Å². The molecule has 0 bridgehead atoms. The number of amides is 1. The van der Waals surface area contributed by atoms with Crippen molar-refractivity contribution in [3.63, 3.8) is 0 Å². The molecule has 0 aliphatic rings. The summed E-state index contributed by atoms with van der Waals surface area (Å²) in [5.74, 6) is -0.619. The summed E-state index contributed by atoms with van der Waals surface area (Å²) in [4.78, 5) is 7.87. The Balaban J connectivity index is 3.21. The van der Waals surface area contributed by atoms with E-state index in [0.717, 1.165) is 0 Å². The minimum atomic E-state index is -3.65. The molecule has 0 saturated heterocycles. The van der Waals surface area contributed by atoms with Crippen molar-refractivity contribution in [2.45, 2.75) is 43.7 Å². The highest BCUT2D eigenvalue weighted by molar-refractivity contribution is 9.10. The van der Waals surface area contributed by atoms with Crippen molar-refractivity contribution in [1.82, 2.24) is 0 Å². The fourth-order valence-electron chi connectivity index (χ4n) is 1.44. The number of hydrogen-bond acceptors (Lipinski definition) is 3. The fourth-order valence-corrected chi connectivity index (χ4v) is 2.56. The summed E-state index contributed by atoms with van der Waals surface area (Å²) in [5, 5.41) is 2.10. The van der Waals surface area contributed by atoms with Gasteiger partial charge in [0, 0.05) is 22.0 Å². The first-order chi connectivity index (χ1) is 10.3. The zero-order chi connectivity index (χ0) is 18.1. The Labute approximate surface area is 144 Å². The molecule has 0 unspecified atom stereocenters. The van der Waals surface area contributed by atoms with Crippen molar-refractivity contribution < 1.29 is 22.7 Å². The van der Waals surface area contributed by atoms with E-state index < -0.39 is 19.1 Å². The summed E-state index contributed by atoms with van der Waals surface area (Å²) >= 11 is 2.05. The molecule has 1 aromatic carbocycles. The summed E-state index contributed by atoms with van der Waals surface area (Å²) in [6.07, 6.45) is 0. The van der Waals surface area contributed by atoms with E-state index in [0.29, 0.717) is 11.5 Å². The van der Waals surface area contributed by atoms with Crippen LogP contribution in [-0.4, -0.2) is 26.2 Å². The largest absolute Gasteiger partial charge is 0.542 e. The highest BCUT2D eigenvalue weighted by atomic mass is 79.9. The molecule has 0 saturated carbocycles. The van der Waals surface area contributed by atoms with Gasteiger partial charge in [-0.1, -0.05) is 20.8 Å². The van der Waals surface area contributed by atoms with Crippen LogP contribution in [0, 0.1) is 0 Å². The Morgan fingerprint density at radius 2 is 1.83 bits per heavy atom. The zero-order valence-corrected chi connectivity index (χ0v) is 16.7. The Morgan fingerprint density at radius 3 is 2.26 bits per heavy atom. The Morgan fingerprint density at radius 1 is 1.26 bits per heavy atom. The van der Waals surface area contributed by atoms with Gasteiger partial charge < -0.3 is 14.5 Å². The van der Waals surface area contributed by atoms with Gasteiger partial charge in [-0.25, -0.2) is 0 Å². The average Bonchev–Trinajstić information content (AvgIpc) is 2.37. The lowest BCUT2D eigenvalue weighted by Crippen LogP contribution is -2.44. The molecule has 0 spiro atoms. The molecule has 0 atom stereocenters. The molecular weight excluding hydrogens is 388 g/mol. The maximum absolute atomic E-state index is 13.1. The van der Waals surface area contributed by atoms with Crippen LogP contribution in [0.3, 0.4) is 0 Å². The van der Waals surface area contributed by atoms with E-state index in [1.54, 1.807) is 12.1 Å². The second kappa shape index (κ2) is 6.76. The van der Waals surface area contributed by atoms with Crippen molar-refractivity contribution in [3.05, 3.63) is 18.2 Å². The SMILES string of the molecule is COc1ccc(NC(=O)C(F)(F)Br)c(O[Si](C)(C)C(C)(C)C)c1. The van der Waals surface area contributed by atoms with Crippen LogP contribution in [0.25, 0.3) is 0 Å². The maximum Gasteiger partial charge on any atom is 0.378 e. The Hall–Kier alpha value is -1.15. The Kier molecular flexibility index (Phi) is 5.85. The number of ether oxygens (including phenoxy) is 1. The van der Waals surface area contributed by atoms with E-state index in [4.69, 9.17) is 9.16 Å². The fraction of sp³-hybridized carbons (Fsp3) is 0.533. The number of nitrogens with one attached hydrogen (secondary N) is 1. The van der Waals surface area contributed by atoms with E-state index in [2.05, 4.69) is 26.1 Å². The molecule has 23 heavy (non-hydrogen) atoms. The molecule has 0 fully saturated rings. The standard InChI is InChI=1S/C15H22BrF2NO3Si/c1-14(2,3)23(5,6)22-12-9-10(21-4)7-8-11(12)19-13(20)15(16,17)18/h7-9H,1-6H3,(H,19,20). The van der Waals surface area contributed by atoms with Gasteiger partial charge in [-0.3, -0.25) is 4.79 Å². The van der Waals surface area contributed by atoms with Gasteiger partial charge >= 0.3 is 10.7 Å². The minimum absolute atomic E-state index is 0.0866. The lowest BCUT2D eigenvalue weighted by molar-refractivity contribution is -0.128. The van der Waals surface area contributed by atoms with Crippen LogP contribution in [0.5, 0.6) is 11.5 Å². The summed E-state index contributed by atoms with van der Waals surface area (Å²) in [7, 11) is -0.719. The smallest absolute Gasteiger partial charge is 0.378 e. The molecule has 1 aromatic rings. The maximum atomic E-state index is 13.1. The lowest BCUT2D eigenvalue weighted by atomic mass is 10.2. The van der Waals surface area contributed by atoms with Crippen molar-refractivity contribution >= 4 is 35.8 Å². The third-order valence-electron chi connectivity index (χ3n) is 3.87. The Bertz CT molecular complexity index is 583. The quantitative estimate of drug-likeness (QED) is 0.549. The minimum Gasteiger partial charge on any atom is -0.542 e. The summed E-state index contributed by atoms with van der Waals surface area (Å²) in [5.41, 5.74) is 0.180. The highest BCUT2D eigenvalue weighted by Crippen LogP contribution is 2.40. The number of hydrogen-bond donors (Lipinski definition) is 1. The highest BCUT2D eigenvalue weighted by Gasteiger charge is 2.40. The number of carbonyl (C=O) groups is 1. The molecule has 8 heteroatoms. The molecule has 4 nitrogen and oxygen atoms in total. The van der Waals surface area contributed by atoms with Gasteiger partial charge in [0.25, 0.3) is 8.32 Å². The molecule has 1 amide bonds. The van der Waals surface area contributed by atoms with Crippen molar-refractivity contribution in [1.29, 1.82) is 0 Å². The van der Waals surface area contributed by atoms with Gasteiger partial charge in [-0.2, -0.15) is 8.78 Å². The number of rotatable bonds is 5. The molecule has 130 valence electrons. The first-order valence-corrected chi connectivity index (χ1v) is 10.7. The molecule has 0 aliphatic heterocycles. The van der Waals surface area contributed by atoms with E-state index in [1.807, 2.05) is 29.0 Å². The number of benzene rings is 1. The molecule has 0 aromatic heterocycles. The monoisotopic (exact) mass is 409 g/mol. The van der Waals surface area contributed by atoms with Crippen LogP contribution in [0.4, 0.5) is 14.5 Å². The van der Waals surface area contributed by atoms with E-state index in [9.17, 15) is 13.6 Å². The normalized spacial score (nSPS) is 12.7. The van der Waals surface area contributed by atoms with Crippen molar-refractivity contribution in [2.75, 3.05) is 12.4 Å². The van der Waals surface area contributed by atoms with Crippen LogP contribution in [0.15, 0.2) is 18.2 Å². The number of anilines is 1. The molecule has 0 radical (unpaired) electrons. The molecule has 0 aliphatic carbocycles. The number of halogens is 3. The number of alkyl halides is 3. The molecular formula is C15H22BrF2NO3Si. The van der Waals surface area contributed by atoms with Gasteiger partial charge in [0.05, 0.1) is 12.8 Å². The summed E-state index contributed by atoms with van der Waals surface area (Å²) < 4.78 is 37.4. The first kappa shape index (κ1) is 19.9. The van der Waals surface area contributed by atoms with Crippen LogP contribution < -0.4 is 14.5 Å². The average molecular weight is 410 g/mol. The van der Waals surface area contributed by atoms with E-state index in [-0.39, 0.29) is 10.7 Å². The molecule has 0 heterocycles. The zero-order valence-electron chi connectivity index (χ0n) is 14.1. The predicted octanol–water partition coefficient (Wildman–Crippen LogP) is 5.01. The topological polar surface area (TPSA) is 47.6 Å². The van der Waals surface area contributed by atoms with Gasteiger partial charge in [0.1, 0.15) is 11.5 Å². The van der Waals surface area contributed by atoms with Crippen LogP contribution in [0.2, 0.25) is 18.1 Å². The second-order valence-corrected chi connectivity index (χ2v) is 12.4. The van der Waals surface area contributed by atoms with Crippen LogP contribution in [-0.2, 0) is 4.79 Å². The summed E-state index contributed by atoms with van der Waals surface area (Å²) in [6.45, 7) is 10.2. The second-order valence-electron chi connectivity index (χ2n) is 6.68. The number of carbonyl (C=O) groups excluding carboxylic acids is 1. The molecule has 1 rings (SSSR count). The van der Waals surface area contributed by atoms with Crippen molar-refractivity contribution in [3.8, 4) is 11.5 Å². The first-order valence-electron chi connectivity index (χ1n) is 7.03. The van der Waals surface area contributed by atoms with E-state index in [1.165, 1.54) is 13.2 Å². The summed E-state index contributed by atoms with van der Waals surface area (Å²) in [6, 6.07) is 4.64. The van der Waals surface area contributed by atoms with Gasteiger partial charge in [-0.15, -0.1) is 0 Å². The van der Waals surface area contributed by atoms with Crippen LogP contribution in [0.1, 0.15) is 20.8 Å². The number of methoxy groups -OCH3 is 1. The lowest BCUT2D eigenvalue weighted by Gasteiger charge is -2.37.